The molecule has 0 spiro atoms. The van der Waals surface area contributed by atoms with Crippen LogP contribution in [0.4, 0.5) is 10.6 Å². The number of alkyl carbamates (subject to hydrolysis) is 1. The van der Waals surface area contributed by atoms with Crippen LogP contribution < -0.4 is 16.4 Å². The Morgan fingerprint density at radius 1 is 1.14 bits per heavy atom. The number of nitrogens with one attached hydrogen (secondary N) is 2. The summed E-state index contributed by atoms with van der Waals surface area (Å²) < 4.78 is 10.1. The Kier molecular flexibility index (Phi) is 7.35. The van der Waals surface area contributed by atoms with Crippen LogP contribution in [-0.4, -0.2) is 52.7 Å². The number of anilines is 1. The topological polar surface area (TPSA) is 146 Å². The first-order valence-electron chi connectivity index (χ1n) is 9.55. The van der Waals surface area contributed by atoms with Crippen molar-refractivity contribution in [1.82, 2.24) is 20.6 Å². The lowest BCUT2D eigenvalue weighted by Crippen LogP contribution is -2.50. The van der Waals surface area contributed by atoms with Gasteiger partial charge in [-0.2, -0.15) is 0 Å². The predicted molar refractivity (Wildman–Crippen MR) is 105 cm³/mol. The first-order chi connectivity index (χ1) is 13.6. The molecule has 10 nitrogen and oxygen atoms in total. The molecule has 0 radical (unpaired) electrons. The number of nitrogens with two attached hydrogens (primary N) is 1. The highest BCUT2D eigenvalue weighted by Gasteiger charge is 2.35. The van der Waals surface area contributed by atoms with E-state index in [0.717, 1.165) is 0 Å². The highest BCUT2D eigenvalue weighted by atomic mass is 16.6. The Bertz CT molecular complexity index is 741. The molecule has 1 saturated carbocycles. The molecule has 160 valence electrons. The van der Waals surface area contributed by atoms with Crippen molar-refractivity contribution in [1.29, 1.82) is 0 Å². The monoisotopic (exact) mass is 407 g/mol. The third kappa shape index (κ3) is 6.58. The van der Waals surface area contributed by atoms with Crippen molar-refractivity contribution in [2.45, 2.75) is 64.1 Å². The van der Waals surface area contributed by atoms with Crippen LogP contribution in [0.1, 0.15) is 56.9 Å². The summed E-state index contributed by atoms with van der Waals surface area (Å²) in [4.78, 5) is 44.5. The van der Waals surface area contributed by atoms with Crippen molar-refractivity contribution in [3.8, 4) is 0 Å². The molecule has 1 aromatic rings. The molecule has 2 rings (SSSR count). The van der Waals surface area contributed by atoms with Gasteiger partial charge in [0.25, 0.3) is 5.91 Å². The minimum absolute atomic E-state index is 0.0750. The van der Waals surface area contributed by atoms with Crippen LogP contribution in [-0.2, 0) is 14.3 Å². The first kappa shape index (κ1) is 22.4. The minimum Gasteiger partial charge on any atom is -0.467 e. The smallest absolute Gasteiger partial charge is 0.408 e. The summed E-state index contributed by atoms with van der Waals surface area (Å²) in [5.74, 6) is -0.943. The third-order valence-corrected chi connectivity index (χ3v) is 4.65. The van der Waals surface area contributed by atoms with Gasteiger partial charge in [0.15, 0.2) is 11.5 Å². The maximum absolute atomic E-state index is 12.3. The van der Waals surface area contributed by atoms with E-state index >= 15 is 0 Å². The molecule has 1 heterocycles. The van der Waals surface area contributed by atoms with E-state index < -0.39 is 23.7 Å². The second-order valence-corrected chi connectivity index (χ2v) is 8.02. The molecule has 1 aliphatic rings. The number of methoxy groups -OCH3 is 1. The molecule has 1 atom stereocenters. The van der Waals surface area contributed by atoms with Crippen LogP contribution >= 0.6 is 0 Å². The molecule has 0 unspecified atom stereocenters. The lowest BCUT2D eigenvalue weighted by Gasteiger charge is -2.33. The van der Waals surface area contributed by atoms with E-state index in [1.165, 1.54) is 19.5 Å². The third-order valence-electron chi connectivity index (χ3n) is 4.65. The number of rotatable bonds is 5. The van der Waals surface area contributed by atoms with Crippen molar-refractivity contribution in [3.05, 3.63) is 18.1 Å². The molecular formula is C19H29N5O5. The van der Waals surface area contributed by atoms with Crippen molar-refractivity contribution < 1.29 is 23.9 Å². The second-order valence-electron chi connectivity index (χ2n) is 8.02. The van der Waals surface area contributed by atoms with Gasteiger partial charge in [0.05, 0.1) is 7.11 Å². The van der Waals surface area contributed by atoms with E-state index in [1.54, 1.807) is 20.8 Å². The summed E-state index contributed by atoms with van der Waals surface area (Å²) in [5, 5.41) is 5.53. The van der Waals surface area contributed by atoms with Gasteiger partial charge in [-0.05, 0) is 52.4 Å². The fourth-order valence-corrected chi connectivity index (χ4v) is 3.31. The molecule has 10 heteroatoms. The van der Waals surface area contributed by atoms with Crippen molar-refractivity contribution >= 4 is 23.8 Å². The number of ether oxygens (including phenoxy) is 2. The van der Waals surface area contributed by atoms with Gasteiger partial charge >= 0.3 is 12.1 Å². The summed E-state index contributed by atoms with van der Waals surface area (Å²) in [7, 11) is 1.28. The number of carbonyl (C=O) groups excluding carboxylic acids is 3. The number of nitrogen functional groups attached to an aromatic ring is 1. The predicted octanol–water partition coefficient (Wildman–Crippen LogP) is 1.41. The molecule has 0 aliphatic heterocycles. The Morgan fingerprint density at radius 2 is 1.76 bits per heavy atom. The van der Waals surface area contributed by atoms with Crippen LogP contribution in [0.25, 0.3) is 0 Å². The Labute approximate surface area is 169 Å². The van der Waals surface area contributed by atoms with E-state index in [4.69, 9.17) is 15.2 Å². The molecule has 2 amide bonds. The van der Waals surface area contributed by atoms with E-state index in [9.17, 15) is 14.4 Å². The average Bonchev–Trinajstić information content (AvgIpc) is 2.65. The van der Waals surface area contributed by atoms with Crippen molar-refractivity contribution in [2.24, 2.45) is 5.92 Å². The number of amides is 2. The van der Waals surface area contributed by atoms with Gasteiger partial charge < -0.3 is 25.8 Å². The molecule has 29 heavy (non-hydrogen) atoms. The zero-order chi connectivity index (χ0) is 21.6. The summed E-state index contributed by atoms with van der Waals surface area (Å²) in [6.07, 6.45) is 4.68. The number of hydrogen-bond donors (Lipinski definition) is 3. The number of aromatic nitrogens is 2. The van der Waals surface area contributed by atoms with Crippen LogP contribution in [0.5, 0.6) is 0 Å². The van der Waals surface area contributed by atoms with Gasteiger partial charge in [-0.25, -0.2) is 19.6 Å². The minimum atomic E-state index is -0.804. The zero-order valence-corrected chi connectivity index (χ0v) is 17.2. The van der Waals surface area contributed by atoms with Crippen LogP contribution in [0.15, 0.2) is 12.4 Å². The molecule has 1 fully saturated rings. The van der Waals surface area contributed by atoms with E-state index in [0.29, 0.717) is 25.7 Å². The van der Waals surface area contributed by atoms with Gasteiger partial charge in [-0.15, -0.1) is 0 Å². The SMILES string of the molecule is COC(=O)[C@@H](NC(=O)OC(C)(C)C)C1CCC(NC(=O)c2nccnc2N)CC1. The molecule has 4 N–H and O–H groups in total. The molecule has 0 saturated heterocycles. The highest BCUT2D eigenvalue weighted by molar-refractivity contribution is 5.96. The van der Waals surface area contributed by atoms with Crippen LogP contribution in [0.2, 0.25) is 0 Å². The quantitative estimate of drug-likeness (QED) is 0.621. The summed E-state index contributed by atoms with van der Waals surface area (Å²) >= 11 is 0. The van der Waals surface area contributed by atoms with Gasteiger partial charge in [0.1, 0.15) is 11.6 Å². The van der Waals surface area contributed by atoms with Crippen molar-refractivity contribution in [2.75, 3.05) is 12.8 Å². The first-order valence-corrected chi connectivity index (χ1v) is 9.55. The zero-order valence-electron chi connectivity index (χ0n) is 17.2. The van der Waals surface area contributed by atoms with Crippen molar-refractivity contribution in [3.63, 3.8) is 0 Å². The Morgan fingerprint density at radius 3 is 2.31 bits per heavy atom. The largest absolute Gasteiger partial charge is 0.467 e. The number of hydrogen-bond acceptors (Lipinski definition) is 8. The van der Waals surface area contributed by atoms with E-state index in [1.807, 2.05) is 0 Å². The maximum atomic E-state index is 12.3. The lowest BCUT2D eigenvalue weighted by atomic mass is 9.81. The molecule has 1 aromatic heterocycles. The van der Waals surface area contributed by atoms with Crippen LogP contribution in [0, 0.1) is 5.92 Å². The number of carbonyl (C=O) groups is 3. The lowest BCUT2D eigenvalue weighted by molar-refractivity contribution is -0.145. The van der Waals surface area contributed by atoms with Gasteiger partial charge in [-0.1, -0.05) is 0 Å². The van der Waals surface area contributed by atoms with E-state index in [2.05, 4.69) is 20.6 Å². The second kappa shape index (κ2) is 9.53. The molecular weight excluding hydrogens is 378 g/mol. The highest BCUT2D eigenvalue weighted by Crippen LogP contribution is 2.28. The number of esters is 1. The number of nitrogens with zero attached hydrogens (tertiary/aromatic N) is 2. The van der Waals surface area contributed by atoms with Gasteiger partial charge in [-0.3, -0.25) is 4.79 Å². The summed E-state index contributed by atoms with van der Waals surface area (Å²) in [5.41, 5.74) is 5.11. The summed E-state index contributed by atoms with van der Waals surface area (Å²) in [6, 6.07) is -0.887. The summed E-state index contributed by atoms with van der Waals surface area (Å²) in [6.45, 7) is 5.24. The normalized spacial score (nSPS) is 20.3. The average molecular weight is 407 g/mol. The van der Waals surface area contributed by atoms with E-state index in [-0.39, 0.29) is 29.4 Å². The molecule has 0 bridgehead atoms. The maximum Gasteiger partial charge on any atom is 0.408 e. The fourth-order valence-electron chi connectivity index (χ4n) is 3.31. The van der Waals surface area contributed by atoms with Crippen LogP contribution in [0.3, 0.4) is 0 Å². The Balaban J connectivity index is 1.93. The standard InChI is InChI=1S/C19H29N5O5/c1-19(2,3)29-18(27)24-13(17(26)28-4)11-5-7-12(8-6-11)23-16(25)14-15(20)22-10-9-21-14/h9-13H,5-8H2,1-4H3,(H2,20,22)(H,23,25)(H,24,27)/t11?,12?,13-/m0/s1. The fraction of sp³-hybridized carbons (Fsp3) is 0.632. The molecule has 0 aromatic carbocycles. The Hall–Kier alpha value is -2.91. The van der Waals surface area contributed by atoms with Gasteiger partial charge in [0.2, 0.25) is 0 Å². The van der Waals surface area contributed by atoms with Gasteiger partial charge in [0, 0.05) is 18.4 Å². The molecule has 1 aliphatic carbocycles.